The fourth-order valence-corrected chi connectivity index (χ4v) is 4.67. The van der Waals surface area contributed by atoms with Crippen LogP contribution in [-0.2, 0) is 16.6 Å². The lowest BCUT2D eigenvalue weighted by Gasteiger charge is -2.11. The molecule has 4 N–H and O–H groups in total. The molecule has 0 amide bonds. The van der Waals surface area contributed by atoms with Gasteiger partial charge >= 0.3 is 0 Å². The molecule has 0 aliphatic rings. The summed E-state index contributed by atoms with van der Waals surface area (Å²) in [5, 5.41) is 3.24. The Labute approximate surface area is 220 Å². The van der Waals surface area contributed by atoms with E-state index >= 15 is 0 Å². The predicted molar refractivity (Wildman–Crippen MR) is 146 cm³/mol. The molecule has 0 unspecified atom stereocenters. The number of nitrogens with one attached hydrogen (secondary N) is 2. The average molecular weight is 525 g/mol. The zero-order chi connectivity index (χ0) is 26.4. The lowest BCUT2D eigenvalue weighted by atomic mass is 10.1. The largest absolute Gasteiger partial charge is 0.457 e. The molecule has 190 valence electrons. The number of benzene rings is 3. The Kier molecular flexibility index (Phi) is 7.25. The second-order valence-corrected chi connectivity index (χ2v) is 10.0. The summed E-state index contributed by atoms with van der Waals surface area (Å²) >= 11 is 0. The van der Waals surface area contributed by atoms with Crippen LogP contribution in [0.1, 0.15) is 5.69 Å². The van der Waals surface area contributed by atoms with Gasteiger partial charge < -0.3 is 15.8 Å². The van der Waals surface area contributed by atoms with Crippen molar-refractivity contribution in [3.63, 3.8) is 0 Å². The molecule has 0 radical (unpaired) electrons. The van der Waals surface area contributed by atoms with E-state index in [0.717, 1.165) is 16.9 Å². The first-order valence-corrected chi connectivity index (χ1v) is 13.2. The number of ether oxygens (including phenoxy) is 1. The van der Waals surface area contributed by atoms with E-state index in [4.69, 9.17) is 10.5 Å². The first kappa shape index (κ1) is 24.9. The van der Waals surface area contributed by atoms with E-state index in [1.807, 2.05) is 60.7 Å². The Morgan fingerprint density at radius 1 is 0.789 bits per heavy atom. The van der Waals surface area contributed by atoms with Gasteiger partial charge in [0.15, 0.2) is 0 Å². The summed E-state index contributed by atoms with van der Waals surface area (Å²) in [5.41, 5.74) is 8.90. The Balaban J connectivity index is 1.23. The van der Waals surface area contributed by atoms with Crippen LogP contribution < -0.4 is 20.5 Å². The van der Waals surface area contributed by atoms with E-state index in [-0.39, 0.29) is 17.4 Å². The first-order chi connectivity index (χ1) is 18.4. The highest BCUT2D eigenvalue weighted by molar-refractivity contribution is 7.89. The third-order valence-electron chi connectivity index (χ3n) is 5.46. The highest BCUT2D eigenvalue weighted by Crippen LogP contribution is 2.26. The van der Waals surface area contributed by atoms with Crippen LogP contribution in [0.5, 0.6) is 11.5 Å². The highest BCUT2D eigenvalue weighted by atomic mass is 32.2. The van der Waals surface area contributed by atoms with Gasteiger partial charge in [0.2, 0.25) is 16.0 Å². The van der Waals surface area contributed by atoms with Crippen LogP contribution in [0, 0.1) is 0 Å². The summed E-state index contributed by atoms with van der Waals surface area (Å²) in [6.45, 7) is 0.0321. The second-order valence-electron chi connectivity index (χ2n) is 8.23. The number of aromatic nitrogens is 3. The zero-order valence-corrected chi connectivity index (χ0v) is 21.0. The molecule has 2 aromatic heterocycles. The minimum absolute atomic E-state index is 0.0321. The van der Waals surface area contributed by atoms with Crippen molar-refractivity contribution in [1.82, 2.24) is 19.7 Å². The molecule has 5 aromatic rings. The van der Waals surface area contributed by atoms with Gasteiger partial charge in [-0.2, -0.15) is 4.98 Å². The molecule has 0 fully saturated rings. The van der Waals surface area contributed by atoms with Crippen LogP contribution in [0.4, 0.5) is 17.5 Å². The first-order valence-electron chi connectivity index (χ1n) is 11.7. The van der Waals surface area contributed by atoms with E-state index < -0.39 is 10.0 Å². The SMILES string of the molecule is Nc1nc(Nc2ccc(Oc3ccnc(CNS(=O)(=O)c4ccccc4)c3)cc2)cc(-c2ccccc2)n1. The quantitative estimate of drug-likeness (QED) is 0.242. The van der Waals surface area contributed by atoms with E-state index in [1.54, 1.807) is 36.5 Å². The number of rotatable bonds is 9. The predicted octanol–water partition coefficient (Wildman–Crippen LogP) is 5.14. The van der Waals surface area contributed by atoms with Gasteiger partial charge in [-0.15, -0.1) is 0 Å². The molecule has 0 atom stereocenters. The summed E-state index contributed by atoms with van der Waals surface area (Å²) in [5.74, 6) is 1.88. The maximum Gasteiger partial charge on any atom is 0.240 e. The minimum Gasteiger partial charge on any atom is -0.457 e. The maximum atomic E-state index is 12.5. The zero-order valence-electron chi connectivity index (χ0n) is 20.2. The summed E-state index contributed by atoms with van der Waals surface area (Å²) < 4.78 is 33.4. The molecule has 0 aliphatic heterocycles. The minimum atomic E-state index is -3.64. The molecule has 38 heavy (non-hydrogen) atoms. The van der Waals surface area contributed by atoms with Crippen LogP contribution in [0.3, 0.4) is 0 Å². The average Bonchev–Trinajstić information content (AvgIpc) is 2.94. The molecule has 9 nitrogen and oxygen atoms in total. The summed E-state index contributed by atoms with van der Waals surface area (Å²) in [6.07, 6.45) is 1.57. The van der Waals surface area contributed by atoms with Crippen molar-refractivity contribution in [3.8, 4) is 22.8 Å². The van der Waals surface area contributed by atoms with Gasteiger partial charge in [-0.25, -0.2) is 18.1 Å². The highest BCUT2D eigenvalue weighted by Gasteiger charge is 2.13. The van der Waals surface area contributed by atoms with Crippen LogP contribution >= 0.6 is 0 Å². The van der Waals surface area contributed by atoms with Crippen LogP contribution in [0.25, 0.3) is 11.3 Å². The third-order valence-corrected chi connectivity index (χ3v) is 6.88. The van der Waals surface area contributed by atoms with Crippen molar-refractivity contribution in [2.45, 2.75) is 11.4 Å². The Bertz CT molecular complexity index is 1630. The Morgan fingerprint density at radius 2 is 1.50 bits per heavy atom. The van der Waals surface area contributed by atoms with E-state index in [9.17, 15) is 8.42 Å². The fourth-order valence-electron chi connectivity index (χ4n) is 3.65. The topological polar surface area (TPSA) is 132 Å². The number of pyridine rings is 1. The molecular weight excluding hydrogens is 500 g/mol. The molecule has 3 aromatic carbocycles. The molecule has 0 bridgehead atoms. The lowest BCUT2D eigenvalue weighted by molar-refractivity contribution is 0.480. The number of nitrogens with two attached hydrogens (primary N) is 1. The smallest absolute Gasteiger partial charge is 0.240 e. The Hall–Kier alpha value is -4.80. The number of sulfonamides is 1. The molecule has 0 aliphatic carbocycles. The number of anilines is 3. The number of nitrogens with zero attached hydrogens (tertiary/aromatic N) is 3. The molecule has 0 spiro atoms. The standard InChI is InChI=1S/C28H24N6O3S/c29-28-33-26(20-7-3-1-4-8-20)18-27(34-28)32-21-11-13-23(14-12-21)37-24-15-16-30-22(17-24)19-31-38(35,36)25-9-5-2-6-10-25/h1-18,31H,19H2,(H3,29,32,33,34). The second kappa shape index (κ2) is 11.1. The van der Waals surface area contributed by atoms with Crippen molar-refractivity contribution in [2.75, 3.05) is 11.1 Å². The van der Waals surface area contributed by atoms with E-state index in [0.29, 0.717) is 23.0 Å². The molecule has 10 heteroatoms. The van der Waals surface area contributed by atoms with Crippen LogP contribution in [-0.4, -0.2) is 23.4 Å². The molecule has 5 rings (SSSR count). The van der Waals surface area contributed by atoms with Gasteiger partial charge in [-0.05, 0) is 42.5 Å². The molecule has 2 heterocycles. The van der Waals surface area contributed by atoms with Crippen LogP contribution in [0.15, 0.2) is 114 Å². The number of nitrogen functional groups attached to an aromatic ring is 1. The van der Waals surface area contributed by atoms with Gasteiger partial charge in [-0.1, -0.05) is 48.5 Å². The van der Waals surface area contributed by atoms with Crippen molar-refractivity contribution in [2.24, 2.45) is 0 Å². The van der Waals surface area contributed by atoms with E-state index in [1.165, 1.54) is 12.1 Å². The molecule has 0 saturated heterocycles. The van der Waals surface area contributed by atoms with Gasteiger partial charge in [0.1, 0.15) is 17.3 Å². The number of hydrogen-bond acceptors (Lipinski definition) is 8. The monoisotopic (exact) mass is 524 g/mol. The van der Waals surface area contributed by atoms with E-state index in [2.05, 4.69) is 25.0 Å². The summed E-state index contributed by atoms with van der Waals surface area (Å²) in [6, 6.07) is 30.5. The van der Waals surface area contributed by atoms with Gasteiger partial charge in [0.05, 0.1) is 22.8 Å². The maximum absolute atomic E-state index is 12.5. The van der Waals surface area contributed by atoms with Gasteiger partial charge in [0, 0.05) is 29.6 Å². The third kappa shape index (κ3) is 6.30. The summed E-state index contributed by atoms with van der Waals surface area (Å²) in [7, 11) is -3.64. The lowest BCUT2D eigenvalue weighted by Crippen LogP contribution is -2.23. The Morgan fingerprint density at radius 3 is 2.24 bits per heavy atom. The summed E-state index contributed by atoms with van der Waals surface area (Å²) in [4.78, 5) is 13.0. The van der Waals surface area contributed by atoms with Crippen molar-refractivity contribution >= 4 is 27.5 Å². The molecule has 0 saturated carbocycles. The molecular formula is C28H24N6O3S. The normalized spacial score (nSPS) is 11.2. The fraction of sp³-hybridized carbons (Fsp3) is 0.0357. The van der Waals surface area contributed by atoms with Crippen molar-refractivity contribution in [1.29, 1.82) is 0 Å². The number of hydrogen-bond donors (Lipinski definition) is 3. The van der Waals surface area contributed by atoms with Gasteiger partial charge in [0.25, 0.3) is 0 Å². The van der Waals surface area contributed by atoms with Crippen molar-refractivity contribution < 1.29 is 13.2 Å². The van der Waals surface area contributed by atoms with Gasteiger partial charge in [-0.3, -0.25) is 4.98 Å². The van der Waals surface area contributed by atoms with Crippen molar-refractivity contribution in [3.05, 3.63) is 115 Å². The van der Waals surface area contributed by atoms with Crippen LogP contribution in [0.2, 0.25) is 0 Å².